The van der Waals surface area contributed by atoms with Crippen LogP contribution in [0.4, 0.5) is 0 Å². The predicted octanol–water partition coefficient (Wildman–Crippen LogP) is 2.70. The molecular formula is C14H13NO3. The molecule has 0 saturated carbocycles. The Labute approximate surface area is 105 Å². The maximum atomic E-state index is 5.63. The van der Waals surface area contributed by atoms with Crippen molar-refractivity contribution in [3.05, 3.63) is 47.7 Å². The zero-order chi connectivity index (χ0) is 12.4. The SMILES string of the molecule is Cc1ccnc(OCc2ccc3c(c2)OCO3)c1. The van der Waals surface area contributed by atoms with Crippen molar-refractivity contribution in [2.75, 3.05) is 6.79 Å². The van der Waals surface area contributed by atoms with Crippen LogP contribution in [0.1, 0.15) is 11.1 Å². The van der Waals surface area contributed by atoms with Gasteiger partial charge in [-0.05, 0) is 36.2 Å². The summed E-state index contributed by atoms with van der Waals surface area (Å²) in [5.41, 5.74) is 2.16. The number of benzene rings is 1. The first-order valence-corrected chi connectivity index (χ1v) is 5.75. The van der Waals surface area contributed by atoms with Gasteiger partial charge in [0.25, 0.3) is 0 Å². The summed E-state index contributed by atoms with van der Waals surface area (Å²) in [4.78, 5) is 4.15. The number of hydrogen-bond donors (Lipinski definition) is 0. The maximum Gasteiger partial charge on any atom is 0.231 e. The molecule has 0 bridgehead atoms. The van der Waals surface area contributed by atoms with Crippen LogP contribution in [0.5, 0.6) is 17.4 Å². The lowest BCUT2D eigenvalue weighted by molar-refractivity contribution is 0.174. The fourth-order valence-corrected chi connectivity index (χ4v) is 1.78. The highest BCUT2D eigenvalue weighted by Crippen LogP contribution is 2.32. The first kappa shape index (κ1) is 10.9. The van der Waals surface area contributed by atoms with Gasteiger partial charge in [0.05, 0.1) is 0 Å². The average Bonchev–Trinajstić information content (AvgIpc) is 2.84. The van der Waals surface area contributed by atoms with E-state index in [2.05, 4.69) is 4.98 Å². The monoisotopic (exact) mass is 243 g/mol. The quantitative estimate of drug-likeness (QED) is 0.831. The highest BCUT2D eigenvalue weighted by molar-refractivity contribution is 5.44. The van der Waals surface area contributed by atoms with E-state index in [9.17, 15) is 0 Å². The zero-order valence-corrected chi connectivity index (χ0v) is 10.1. The Balaban J connectivity index is 1.70. The van der Waals surface area contributed by atoms with Crippen molar-refractivity contribution in [3.8, 4) is 17.4 Å². The van der Waals surface area contributed by atoms with Crippen LogP contribution < -0.4 is 14.2 Å². The van der Waals surface area contributed by atoms with Gasteiger partial charge in [-0.15, -0.1) is 0 Å². The van der Waals surface area contributed by atoms with Crippen molar-refractivity contribution in [1.82, 2.24) is 4.98 Å². The lowest BCUT2D eigenvalue weighted by Gasteiger charge is -2.06. The standard InChI is InChI=1S/C14H13NO3/c1-10-4-5-15-14(6-10)16-8-11-2-3-12-13(7-11)18-9-17-12/h2-7H,8-9H2,1H3. The summed E-state index contributed by atoms with van der Waals surface area (Å²) in [6, 6.07) is 9.63. The van der Waals surface area contributed by atoms with E-state index < -0.39 is 0 Å². The average molecular weight is 243 g/mol. The molecule has 4 heteroatoms. The van der Waals surface area contributed by atoms with Gasteiger partial charge in [-0.3, -0.25) is 0 Å². The van der Waals surface area contributed by atoms with Crippen LogP contribution in [-0.2, 0) is 6.61 Å². The Morgan fingerprint density at radius 1 is 1.17 bits per heavy atom. The summed E-state index contributed by atoms with van der Waals surface area (Å²) >= 11 is 0. The summed E-state index contributed by atoms with van der Waals surface area (Å²) in [6.07, 6.45) is 1.74. The first-order valence-electron chi connectivity index (χ1n) is 5.75. The lowest BCUT2D eigenvalue weighted by Crippen LogP contribution is -1.97. The number of aryl methyl sites for hydroxylation is 1. The second-order valence-electron chi connectivity index (χ2n) is 4.15. The van der Waals surface area contributed by atoms with Crippen molar-refractivity contribution in [3.63, 3.8) is 0 Å². The van der Waals surface area contributed by atoms with Crippen molar-refractivity contribution in [2.24, 2.45) is 0 Å². The molecule has 18 heavy (non-hydrogen) atoms. The molecule has 0 amide bonds. The molecule has 1 aromatic carbocycles. The lowest BCUT2D eigenvalue weighted by atomic mass is 10.2. The fourth-order valence-electron chi connectivity index (χ4n) is 1.78. The smallest absolute Gasteiger partial charge is 0.231 e. The van der Waals surface area contributed by atoms with Gasteiger partial charge in [-0.25, -0.2) is 4.98 Å². The summed E-state index contributed by atoms with van der Waals surface area (Å²) in [5.74, 6) is 2.19. The van der Waals surface area contributed by atoms with Crippen LogP contribution in [0, 0.1) is 6.92 Å². The molecule has 0 unspecified atom stereocenters. The number of aromatic nitrogens is 1. The summed E-state index contributed by atoms with van der Waals surface area (Å²) < 4.78 is 16.2. The molecule has 0 radical (unpaired) electrons. The molecule has 3 rings (SSSR count). The summed E-state index contributed by atoms with van der Waals surface area (Å²) in [6.45, 7) is 2.77. The second kappa shape index (κ2) is 4.56. The molecule has 2 heterocycles. The summed E-state index contributed by atoms with van der Waals surface area (Å²) in [7, 11) is 0. The molecule has 1 aliphatic heterocycles. The van der Waals surface area contributed by atoms with E-state index in [1.165, 1.54) is 0 Å². The number of ether oxygens (including phenoxy) is 3. The van der Waals surface area contributed by atoms with Gasteiger partial charge >= 0.3 is 0 Å². The topological polar surface area (TPSA) is 40.6 Å². The Bertz CT molecular complexity index is 569. The predicted molar refractivity (Wildman–Crippen MR) is 65.9 cm³/mol. The molecule has 1 aromatic heterocycles. The molecule has 0 fully saturated rings. The van der Waals surface area contributed by atoms with E-state index in [-0.39, 0.29) is 0 Å². The highest BCUT2D eigenvalue weighted by Gasteiger charge is 2.13. The van der Waals surface area contributed by atoms with Crippen LogP contribution in [0.3, 0.4) is 0 Å². The van der Waals surface area contributed by atoms with Crippen molar-refractivity contribution in [1.29, 1.82) is 0 Å². The Kier molecular flexibility index (Phi) is 2.76. The third kappa shape index (κ3) is 2.22. The van der Waals surface area contributed by atoms with Crippen molar-refractivity contribution >= 4 is 0 Å². The minimum atomic E-state index is 0.291. The maximum absolute atomic E-state index is 5.63. The number of fused-ring (bicyclic) bond motifs is 1. The molecule has 2 aromatic rings. The van der Waals surface area contributed by atoms with Crippen molar-refractivity contribution < 1.29 is 14.2 Å². The van der Waals surface area contributed by atoms with Gasteiger partial charge < -0.3 is 14.2 Å². The Hall–Kier alpha value is -2.23. The van der Waals surface area contributed by atoms with Crippen LogP contribution in [0.2, 0.25) is 0 Å². The molecular weight excluding hydrogens is 230 g/mol. The molecule has 0 N–H and O–H groups in total. The van der Waals surface area contributed by atoms with Gasteiger partial charge in [0.2, 0.25) is 12.7 Å². The van der Waals surface area contributed by atoms with E-state index in [0.29, 0.717) is 19.3 Å². The Morgan fingerprint density at radius 2 is 2.06 bits per heavy atom. The van der Waals surface area contributed by atoms with Gasteiger partial charge in [-0.1, -0.05) is 6.07 Å². The van der Waals surface area contributed by atoms with Crippen LogP contribution >= 0.6 is 0 Å². The van der Waals surface area contributed by atoms with Crippen molar-refractivity contribution in [2.45, 2.75) is 13.5 Å². The largest absolute Gasteiger partial charge is 0.473 e. The molecule has 1 aliphatic rings. The van der Waals surface area contributed by atoms with Gasteiger partial charge in [-0.2, -0.15) is 0 Å². The number of nitrogens with zero attached hydrogens (tertiary/aromatic N) is 1. The number of pyridine rings is 1. The van der Waals surface area contributed by atoms with Crippen LogP contribution in [-0.4, -0.2) is 11.8 Å². The van der Waals surface area contributed by atoms with E-state index >= 15 is 0 Å². The van der Waals surface area contributed by atoms with Gasteiger partial charge in [0.1, 0.15) is 6.61 Å². The Morgan fingerprint density at radius 3 is 2.94 bits per heavy atom. The van der Waals surface area contributed by atoms with Crippen LogP contribution in [0.25, 0.3) is 0 Å². The zero-order valence-electron chi connectivity index (χ0n) is 10.1. The molecule has 0 saturated heterocycles. The van der Waals surface area contributed by atoms with E-state index in [0.717, 1.165) is 22.6 Å². The van der Waals surface area contributed by atoms with Gasteiger partial charge in [0.15, 0.2) is 11.5 Å². The van der Waals surface area contributed by atoms with E-state index in [1.807, 2.05) is 37.3 Å². The third-order valence-electron chi connectivity index (χ3n) is 2.71. The highest BCUT2D eigenvalue weighted by atomic mass is 16.7. The number of rotatable bonds is 3. The van der Waals surface area contributed by atoms with E-state index in [1.54, 1.807) is 6.20 Å². The minimum Gasteiger partial charge on any atom is -0.473 e. The minimum absolute atomic E-state index is 0.291. The normalized spacial score (nSPS) is 12.5. The molecule has 0 spiro atoms. The molecule has 0 aliphatic carbocycles. The van der Waals surface area contributed by atoms with E-state index in [4.69, 9.17) is 14.2 Å². The molecule has 4 nitrogen and oxygen atoms in total. The second-order valence-corrected chi connectivity index (χ2v) is 4.15. The summed E-state index contributed by atoms with van der Waals surface area (Å²) in [5, 5.41) is 0. The molecule has 92 valence electrons. The first-order chi connectivity index (χ1) is 8.81. The third-order valence-corrected chi connectivity index (χ3v) is 2.71. The number of hydrogen-bond acceptors (Lipinski definition) is 4. The fraction of sp³-hybridized carbons (Fsp3) is 0.214. The molecule has 0 atom stereocenters. The van der Waals surface area contributed by atoms with Gasteiger partial charge in [0, 0.05) is 12.3 Å². The van der Waals surface area contributed by atoms with Crippen LogP contribution in [0.15, 0.2) is 36.5 Å².